The van der Waals surface area contributed by atoms with E-state index >= 15 is 0 Å². The van der Waals surface area contributed by atoms with E-state index in [9.17, 15) is 5.21 Å². The van der Waals surface area contributed by atoms with Crippen molar-refractivity contribution in [3.05, 3.63) is 47.3 Å². The number of hydroxylamine groups is 3. The predicted octanol–water partition coefficient (Wildman–Crippen LogP) is 2.03. The first-order valence-electron chi connectivity index (χ1n) is 6.59. The van der Waals surface area contributed by atoms with Gasteiger partial charge in [0.1, 0.15) is 11.9 Å². The number of rotatable bonds is 2. The highest BCUT2D eigenvalue weighted by Crippen LogP contribution is 2.28. The minimum Gasteiger partial charge on any atom is -0.626 e. The number of quaternary nitrogens is 1. The molecule has 2 N–H and O–H groups in total. The molecular weight excluding hydrogens is 262 g/mol. The van der Waals surface area contributed by atoms with Gasteiger partial charge in [-0.15, -0.1) is 12.4 Å². The van der Waals surface area contributed by atoms with Crippen LogP contribution in [-0.2, 0) is 0 Å². The fourth-order valence-electron chi connectivity index (χ4n) is 2.79. The highest BCUT2D eigenvalue weighted by Gasteiger charge is 2.33. The van der Waals surface area contributed by atoms with Gasteiger partial charge in [0.25, 0.3) is 0 Å². The molecule has 0 amide bonds. The largest absolute Gasteiger partial charge is 0.626 e. The first kappa shape index (κ1) is 14.3. The molecule has 4 nitrogen and oxygen atoms in total. The summed E-state index contributed by atoms with van der Waals surface area (Å²) in [5.41, 5.74) is 2.08. The van der Waals surface area contributed by atoms with Crippen LogP contribution >= 0.6 is 12.4 Å². The molecule has 19 heavy (non-hydrogen) atoms. The molecule has 0 aromatic heterocycles. The Morgan fingerprint density at radius 1 is 1.11 bits per heavy atom. The van der Waals surface area contributed by atoms with Crippen LogP contribution in [0.3, 0.4) is 0 Å². The van der Waals surface area contributed by atoms with E-state index in [2.05, 4.69) is 10.6 Å². The van der Waals surface area contributed by atoms with Crippen LogP contribution in [0.4, 0.5) is 0 Å². The minimum absolute atomic E-state index is 0. The molecular formula is C14H20ClN3O. The molecule has 2 heterocycles. The lowest BCUT2D eigenvalue weighted by atomic mass is 10.1. The average Bonchev–Trinajstić information content (AvgIpc) is 2.85. The Hall–Kier alpha value is -1.07. The van der Waals surface area contributed by atoms with Gasteiger partial charge in [0.15, 0.2) is 6.67 Å². The molecule has 1 aromatic carbocycles. The van der Waals surface area contributed by atoms with Gasteiger partial charge in [-0.2, -0.15) is 0 Å². The van der Waals surface area contributed by atoms with Crippen molar-refractivity contribution >= 4 is 18.1 Å². The number of halogens is 1. The Balaban J connectivity index is 0.00000133. The van der Waals surface area contributed by atoms with Gasteiger partial charge in [0.2, 0.25) is 0 Å². The number of nitrogens with zero attached hydrogens (tertiary/aromatic N) is 1. The van der Waals surface area contributed by atoms with Crippen molar-refractivity contribution in [3.63, 3.8) is 0 Å². The summed E-state index contributed by atoms with van der Waals surface area (Å²) in [4.78, 5) is 0. The monoisotopic (exact) mass is 281 g/mol. The summed E-state index contributed by atoms with van der Waals surface area (Å²) >= 11 is 0. The van der Waals surface area contributed by atoms with Crippen molar-refractivity contribution in [1.29, 1.82) is 0 Å². The maximum Gasteiger partial charge on any atom is 0.156 e. The van der Waals surface area contributed by atoms with Crippen molar-refractivity contribution in [1.82, 2.24) is 10.6 Å². The summed E-state index contributed by atoms with van der Waals surface area (Å²) in [5.74, 6) is 0. The van der Waals surface area contributed by atoms with Crippen molar-refractivity contribution in [3.8, 4) is 0 Å². The summed E-state index contributed by atoms with van der Waals surface area (Å²) in [6.45, 7) is 2.39. The first-order chi connectivity index (χ1) is 8.78. The maximum absolute atomic E-state index is 12.8. The van der Waals surface area contributed by atoms with Gasteiger partial charge in [-0.3, -0.25) is 0 Å². The number of piperidine rings is 1. The molecule has 1 atom stereocenters. The number of hydrogen-bond donors (Lipinski definition) is 2. The third-order valence-corrected chi connectivity index (χ3v) is 3.88. The van der Waals surface area contributed by atoms with E-state index in [4.69, 9.17) is 0 Å². The normalized spacial score (nSPS) is 27.3. The summed E-state index contributed by atoms with van der Waals surface area (Å²) in [7, 11) is 0. The second-order valence-corrected chi connectivity index (χ2v) is 5.08. The van der Waals surface area contributed by atoms with Gasteiger partial charge in [0.05, 0.1) is 6.04 Å². The standard InChI is InChI=1S/C14H19N3O.ClH/c18-17(13-6-8-15-9-7-13)10-14(16-11-17)12-4-2-1-3-5-12;/h1-5,10,13,15-16H,6-9,11H2;1H. The van der Waals surface area contributed by atoms with Crippen LogP contribution in [0.2, 0.25) is 0 Å². The first-order valence-corrected chi connectivity index (χ1v) is 6.59. The topological polar surface area (TPSA) is 47.1 Å². The minimum atomic E-state index is -0.216. The van der Waals surface area contributed by atoms with E-state index in [1.54, 1.807) is 0 Å². The lowest BCUT2D eigenvalue weighted by Gasteiger charge is -2.44. The van der Waals surface area contributed by atoms with Crippen LogP contribution in [0.15, 0.2) is 36.5 Å². The van der Waals surface area contributed by atoms with Gasteiger partial charge in [0, 0.05) is 31.5 Å². The molecule has 104 valence electrons. The van der Waals surface area contributed by atoms with Gasteiger partial charge in [-0.05, 0) is 0 Å². The quantitative estimate of drug-likeness (QED) is 0.644. The van der Waals surface area contributed by atoms with E-state index in [1.807, 2.05) is 36.5 Å². The summed E-state index contributed by atoms with van der Waals surface area (Å²) in [5, 5.41) is 19.4. The Labute approximate surface area is 120 Å². The van der Waals surface area contributed by atoms with E-state index < -0.39 is 0 Å². The lowest BCUT2D eigenvalue weighted by molar-refractivity contribution is -0.853. The summed E-state index contributed by atoms with van der Waals surface area (Å²) in [6, 6.07) is 10.3. The van der Waals surface area contributed by atoms with E-state index in [-0.39, 0.29) is 23.1 Å². The Morgan fingerprint density at radius 2 is 1.79 bits per heavy atom. The zero-order valence-corrected chi connectivity index (χ0v) is 11.7. The molecule has 1 aromatic rings. The fourth-order valence-corrected chi connectivity index (χ4v) is 2.79. The Bertz CT molecular complexity index is 445. The zero-order valence-electron chi connectivity index (χ0n) is 10.8. The van der Waals surface area contributed by atoms with Crippen molar-refractivity contribution in [2.24, 2.45) is 0 Å². The maximum atomic E-state index is 12.8. The van der Waals surface area contributed by atoms with Crippen molar-refractivity contribution in [2.75, 3.05) is 19.8 Å². The van der Waals surface area contributed by atoms with Crippen molar-refractivity contribution in [2.45, 2.75) is 18.9 Å². The summed E-state index contributed by atoms with van der Waals surface area (Å²) in [6.07, 6.45) is 3.78. The van der Waals surface area contributed by atoms with Crippen LogP contribution in [0, 0.1) is 5.21 Å². The predicted molar refractivity (Wildman–Crippen MR) is 79.2 cm³/mol. The van der Waals surface area contributed by atoms with E-state index in [1.165, 1.54) is 0 Å². The SMILES string of the molecule is Cl.[O-][N+]1(C2CCNCC2)C=C(c2ccccc2)NC1. The van der Waals surface area contributed by atoms with Crippen LogP contribution in [0.5, 0.6) is 0 Å². The number of hydrogen-bond acceptors (Lipinski definition) is 3. The van der Waals surface area contributed by atoms with Gasteiger partial charge >= 0.3 is 0 Å². The van der Waals surface area contributed by atoms with E-state index in [0.717, 1.165) is 37.2 Å². The van der Waals surface area contributed by atoms with Crippen LogP contribution in [-0.4, -0.2) is 30.4 Å². The van der Waals surface area contributed by atoms with Crippen LogP contribution < -0.4 is 10.6 Å². The molecule has 0 aliphatic carbocycles. The molecule has 3 rings (SSSR count). The second kappa shape index (κ2) is 5.92. The lowest BCUT2D eigenvalue weighted by Crippen LogP contribution is -2.51. The molecule has 2 aliphatic rings. The highest BCUT2D eigenvalue weighted by atomic mass is 35.5. The molecule has 1 unspecified atom stereocenters. The van der Waals surface area contributed by atoms with Gasteiger partial charge in [-0.25, -0.2) is 0 Å². The molecule has 1 saturated heterocycles. The second-order valence-electron chi connectivity index (χ2n) is 5.08. The van der Waals surface area contributed by atoms with E-state index in [0.29, 0.717) is 6.67 Å². The average molecular weight is 282 g/mol. The third-order valence-electron chi connectivity index (χ3n) is 3.88. The smallest absolute Gasteiger partial charge is 0.156 e. The van der Waals surface area contributed by atoms with Gasteiger partial charge in [-0.1, -0.05) is 30.3 Å². The number of nitrogens with one attached hydrogen (secondary N) is 2. The van der Waals surface area contributed by atoms with Crippen molar-refractivity contribution < 1.29 is 4.65 Å². The molecule has 0 spiro atoms. The molecule has 0 bridgehead atoms. The molecule has 2 aliphatic heterocycles. The molecule has 1 fully saturated rings. The number of benzene rings is 1. The molecule has 0 radical (unpaired) electrons. The molecule has 5 heteroatoms. The highest BCUT2D eigenvalue weighted by molar-refractivity contribution is 5.85. The fraction of sp³-hybridized carbons (Fsp3) is 0.429. The van der Waals surface area contributed by atoms with Crippen LogP contribution in [0.25, 0.3) is 5.70 Å². The third kappa shape index (κ3) is 2.92. The van der Waals surface area contributed by atoms with Crippen LogP contribution in [0.1, 0.15) is 18.4 Å². The summed E-state index contributed by atoms with van der Waals surface area (Å²) < 4.78 is -0.216. The Morgan fingerprint density at radius 3 is 2.47 bits per heavy atom. The Kier molecular flexibility index (Phi) is 4.47. The molecule has 0 saturated carbocycles. The van der Waals surface area contributed by atoms with Gasteiger partial charge < -0.3 is 20.5 Å². The zero-order chi connectivity index (χ0) is 12.4.